The van der Waals surface area contributed by atoms with Crippen molar-refractivity contribution in [2.75, 3.05) is 25.0 Å². The summed E-state index contributed by atoms with van der Waals surface area (Å²) >= 11 is 1.51. The molecule has 0 bridgehead atoms. The van der Waals surface area contributed by atoms with Crippen LogP contribution in [0.5, 0.6) is 0 Å². The monoisotopic (exact) mass is 360 g/mol. The standard InChI is InChI=1S/C19H28N4OS/c1-5-23(6-2)17-15-13(3)16(25-18(15)21-12-20-17)19(24)22(4)14-10-8-7-9-11-14/h12,14H,5-11H2,1-4H3. The molecular formula is C19H28N4OS. The second-order valence-electron chi connectivity index (χ2n) is 6.81. The summed E-state index contributed by atoms with van der Waals surface area (Å²) in [5, 5.41) is 1.04. The molecule has 0 spiro atoms. The SMILES string of the molecule is CCN(CC)c1ncnc2sc(C(=O)N(C)C3CCCCC3)c(C)c12. The number of anilines is 1. The Labute approximate surface area is 154 Å². The summed E-state index contributed by atoms with van der Waals surface area (Å²) in [6, 6.07) is 0.374. The van der Waals surface area contributed by atoms with E-state index in [2.05, 4.69) is 28.7 Å². The minimum atomic E-state index is 0.137. The van der Waals surface area contributed by atoms with Gasteiger partial charge in [0.1, 0.15) is 17.0 Å². The molecule has 3 rings (SSSR count). The normalized spacial score (nSPS) is 15.5. The first-order valence-electron chi connectivity index (χ1n) is 9.34. The summed E-state index contributed by atoms with van der Waals surface area (Å²) in [6.45, 7) is 8.08. The average molecular weight is 361 g/mol. The van der Waals surface area contributed by atoms with Crippen molar-refractivity contribution in [2.24, 2.45) is 0 Å². The van der Waals surface area contributed by atoms with Gasteiger partial charge in [-0.2, -0.15) is 0 Å². The molecule has 0 saturated heterocycles. The van der Waals surface area contributed by atoms with Crippen LogP contribution in [0.3, 0.4) is 0 Å². The molecule has 1 amide bonds. The molecule has 2 aromatic heterocycles. The zero-order valence-electron chi connectivity index (χ0n) is 15.7. The third kappa shape index (κ3) is 3.36. The molecule has 136 valence electrons. The lowest BCUT2D eigenvalue weighted by Crippen LogP contribution is -2.38. The lowest BCUT2D eigenvalue weighted by atomic mass is 9.94. The predicted octanol–water partition coefficient (Wildman–Crippen LogP) is 4.25. The second kappa shape index (κ2) is 7.68. The first-order chi connectivity index (χ1) is 12.1. The highest BCUT2D eigenvalue weighted by molar-refractivity contribution is 7.20. The highest BCUT2D eigenvalue weighted by Crippen LogP contribution is 2.36. The number of rotatable bonds is 5. The number of carbonyl (C=O) groups excluding carboxylic acids is 1. The van der Waals surface area contributed by atoms with Crippen LogP contribution in [0.15, 0.2) is 6.33 Å². The smallest absolute Gasteiger partial charge is 0.264 e. The van der Waals surface area contributed by atoms with Crippen LogP contribution >= 0.6 is 11.3 Å². The highest BCUT2D eigenvalue weighted by Gasteiger charge is 2.27. The minimum absolute atomic E-state index is 0.137. The van der Waals surface area contributed by atoms with Crippen LogP contribution in [-0.2, 0) is 0 Å². The largest absolute Gasteiger partial charge is 0.357 e. The summed E-state index contributed by atoms with van der Waals surface area (Å²) < 4.78 is 0. The molecule has 1 aliphatic carbocycles. The fraction of sp³-hybridized carbons (Fsp3) is 0.632. The van der Waals surface area contributed by atoms with Gasteiger partial charge in [-0.3, -0.25) is 4.79 Å². The fourth-order valence-electron chi connectivity index (χ4n) is 3.81. The number of carbonyl (C=O) groups is 1. The summed E-state index contributed by atoms with van der Waals surface area (Å²) in [7, 11) is 1.96. The van der Waals surface area contributed by atoms with Gasteiger partial charge in [0.2, 0.25) is 0 Å². The van der Waals surface area contributed by atoms with E-state index in [-0.39, 0.29) is 5.91 Å². The Hall–Kier alpha value is -1.69. The van der Waals surface area contributed by atoms with Crippen molar-refractivity contribution in [1.82, 2.24) is 14.9 Å². The molecular weight excluding hydrogens is 332 g/mol. The van der Waals surface area contributed by atoms with Crippen LogP contribution in [0.25, 0.3) is 10.2 Å². The topological polar surface area (TPSA) is 49.3 Å². The van der Waals surface area contributed by atoms with Crippen molar-refractivity contribution in [1.29, 1.82) is 0 Å². The Morgan fingerprint density at radius 3 is 2.52 bits per heavy atom. The van der Waals surface area contributed by atoms with Gasteiger partial charge in [0.25, 0.3) is 5.91 Å². The van der Waals surface area contributed by atoms with Crippen LogP contribution in [-0.4, -0.2) is 47.0 Å². The third-order valence-electron chi connectivity index (χ3n) is 5.41. The van der Waals surface area contributed by atoms with Gasteiger partial charge >= 0.3 is 0 Å². The van der Waals surface area contributed by atoms with Gasteiger partial charge in [-0.1, -0.05) is 19.3 Å². The van der Waals surface area contributed by atoms with Crippen molar-refractivity contribution < 1.29 is 4.79 Å². The highest BCUT2D eigenvalue weighted by atomic mass is 32.1. The van der Waals surface area contributed by atoms with Crippen LogP contribution in [0.2, 0.25) is 0 Å². The predicted molar refractivity (Wildman–Crippen MR) is 105 cm³/mol. The lowest BCUT2D eigenvalue weighted by molar-refractivity contribution is 0.0700. The van der Waals surface area contributed by atoms with E-state index < -0.39 is 0 Å². The van der Waals surface area contributed by atoms with Crippen LogP contribution in [0.1, 0.15) is 61.2 Å². The molecule has 25 heavy (non-hydrogen) atoms. The second-order valence-corrected chi connectivity index (χ2v) is 7.81. The maximum absolute atomic E-state index is 13.1. The molecule has 0 radical (unpaired) electrons. The number of nitrogens with zero attached hydrogens (tertiary/aromatic N) is 4. The molecule has 0 atom stereocenters. The number of fused-ring (bicyclic) bond motifs is 1. The summed E-state index contributed by atoms with van der Waals surface area (Å²) in [6.07, 6.45) is 7.61. The molecule has 1 saturated carbocycles. The lowest BCUT2D eigenvalue weighted by Gasteiger charge is -2.31. The van der Waals surface area contributed by atoms with Gasteiger partial charge in [-0.15, -0.1) is 11.3 Å². The number of aromatic nitrogens is 2. The number of thiophene rings is 1. The molecule has 2 heterocycles. The number of hydrogen-bond donors (Lipinski definition) is 0. The third-order valence-corrected chi connectivity index (χ3v) is 6.59. The summed E-state index contributed by atoms with van der Waals surface area (Å²) in [5.41, 5.74) is 1.02. The maximum Gasteiger partial charge on any atom is 0.264 e. The Bertz CT molecular complexity index is 747. The first kappa shape index (κ1) is 18.1. The Morgan fingerprint density at radius 2 is 1.88 bits per heavy atom. The van der Waals surface area contributed by atoms with Gasteiger partial charge in [-0.25, -0.2) is 9.97 Å². The van der Waals surface area contributed by atoms with Gasteiger partial charge in [-0.05, 0) is 39.2 Å². The van der Waals surface area contributed by atoms with Crippen molar-refractivity contribution >= 4 is 33.3 Å². The van der Waals surface area contributed by atoms with Crippen molar-refractivity contribution in [3.8, 4) is 0 Å². The Morgan fingerprint density at radius 1 is 1.20 bits per heavy atom. The summed E-state index contributed by atoms with van der Waals surface area (Å²) in [4.78, 5) is 28.0. The molecule has 2 aromatic rings. The minimum Gasteiger partial charge on any atom is -0.357 e. The zero-order valence-corrected chi connectivity index (χ0v) is 16.5. The molecule has 0 aliphatic heterocycles. The van der Waals surface area contributed by atoms with E-state index in [1.165, 1.54) is 30.6 Å². The van der Waals surface area contributed by atoms with E-state index in [1.807, 2.05) is 18.9 Å². The van der Waals surface area contributed by atoms with E-state index in [0.29, 0.717) is 6.04 Å². The van der Waals surface area contributed by atoms with Gasteiger partial charge in [0, 0.05) is 26.2 Å². The number of hydrogen-bond acceptors (Lipinski definition) is 5. The molecule has 0 unspecified atom stereocenters. The van der Waals surface area contributed by atoms with Crippen molar-refractivity contribution in [2.45, 2.75) is 58.9 Å². The molecule has 1 aliphatic rings. The molecule has 0 N–H and O–H groups in total. The zero-order chi connectivity index (χ0) is 18.0. The number of amides is 1. The van der Waals surface area contributed by atoms with Crippen molar-refractivity contribution in [3.05, 3.63) is 16.8 Å². The van der Waals surface area contributed by atoms with E-state index >= 15 is 0 Å². The Balaban J connectivity index is 1.98. The fourth-order valence-corrected chi connectivity index (χ4v) is 4.94. The first-order valence-corrected chi connectivity index (χ1v) is 10.2. The van der Waals surface area contributed by atoms with E-state index in [4.69, 9.17) is 0 Å². The van der Waals surface area contributed by atoms with E-state index in [1.54, 1.807) is 6.33 Å². The van der Waals surface area contributed by atoms with Crippen molar-refractivity contribution in [3.63, 3.8) is 0 Å². The quantitative estimate of drug-likeness (QED) is 0.800. The molecule has 1 fully saturated rings. The molecule has 0 aromatic carbocycles. The number of aryl methyl sites for hydroxylation is 1. The molecule has 6 heteroatoms. The van der Waals surface area contributed by atoms with Crippen LogP contribution in [0, 0.1) is 6.92 Å². The van der Waals surface area contributed by atoms with E-state index in [9.17, 15) is 4.79 Å². The maximum atomic E-state index is 13.1. The van der Waals surface area contributed by atoms with Crippen LogP contribution in [0.4, 0.5) is 5.82 Å². The van der Waals surface area contributed by atoms with Crippen LogP contribution < -0.4 is 4.90 Å². The average Bonchev–Trinajstić information content (AvgIpc) is 3.00. The van der Waals surface area contributed by atoms with E-state index in [0.717, 1.165) is 52.4 Å². The Kier molecular flexibility index (Phi) is 5.57. The molecule has 5 nitrogen and oxygen atoms in total. The summed E-state index contributed by atoms with van der Waals surface area (Å²) in [5.74, 6) is 1.08. The van der Waals surface area contributed by atoms with Gasteiger partial charge in [0.15, 0.2) is 0 Å². The van der Waals surface area contributed by atoms with Gasteiger partial charge < -0.3 is 9.80 Å². The van der Waals surface area contributed by atoms with Gasteiger partial charge in [0.05, 0.1) is 10.3 Å².